The highest BCUT2D eigenvalue weighted by Crippen LogP contribution is 2.45. The average molecular weight is 157 g/mol. The zero-order valence-corrected chi connectivity index (χ0v) is 6.82. The summed E-state index contributed by atoms with van der Waals surface area (Å²) in [7, 11) is 0. The van der Waals surface area contributed by atoms with E-state index in [1.165, 1.54) is 0 Å². The van der Waals surface area contributed by atoms with Crippen LogP contribution < -0.4 is 0 Å². The zero-order chi connectivity index (χ0) is 7.61. The highest BCUT2D eigenvalue weighted by Gasteiger charge is 2.42. The van der Waals surface area contributed by atoms with Gasteiger partial charge < -0.3 is 5.11 Å². The van der Waals surface area contributed by atoms with Gasteiger partial charge in [-0.25, -0.2) is 0 Å². The molecule has 1 N–H and O–H groups in total. The Balaban J connectivity index is 2.57. The second-order valence-electron chi connectivity index (χ2n) is 2.65. The van der Waals surface area contributed by atoms with Crippen LogP contribution in [0.25, 0.3) is 0 Å². The third-order valence-electron chi connectivity index (χ3n) is 2.23. The zero-order valence-electron chi connectivity index (χ0n) is 6.00. The highest BCUT2D eigenvalue weighted by atomic mass is 32.2. The molecule has 0 aromatic heterocycles. The van der Waals surface area contributed by atoms with E-state index in [0.717, 1.165) is 19.3 Å². The Morgan fingerprint density at radius 1 is 1.70 bits per heavy atom. The van der Waals surface area contributed by atoms with Crippen molar-refractivity contribution in [2.24, 2.45) is 0 Å². The molecule has 0 aliphatic heterocycles. The molecule has 1 fully saturated rings. The topological polar surface area (TPSA) is 44.0 Å². The minimum atomic E-state index is -0.767. The Labute approximate surface area is 65.2 Å². The van der Waals surface area contributed by atoms with E-state index in [0.29, 0.717) is 0 Å². The van der Waals surface area contributed by atoms with Crippen molar-refractivity contribution in [2.75, 3.05) is 6.26 Å². The van der Waals surface area contributed by atoms with E-state index >= 15 is 0 Å². The lowest BCUT2D eigenvalue weighted by Gasteiger charge is -2.41. The van der Waals surface area contributed by atoms with Gasteiger partial charge in [0.25, 0.3) is 0 Å². The Morgan fingerprint density at radius 2 is 2.30 bits per heavy atom. The van der Waals surface area contributed by atoms with Gasteiger partial charge in [-0.2, -0.15) is 17.0 Å². The second-order valence-corrected chi connectivity index (χ2v) is 3.88. The van der Waals surface area contributed by atoms with E-state index in [1.54, 1.807) is 11.8 Å². The van der Waals surface area contributed by atoms with Gasteiger partial charge in [-0.1, -0.05) is 6.42 Å². The van der Waals surface area contributed by atoms with Crippen molar-refractivity contribution in [3.63, 3.8) is 0 Å². The van der Waals surface area contributed by atoms with E-state index in [9.17, 15) is 5.11 Å². The summed E-state index contributed by atoms with van der Waals surface area (Å²) in [6.07, 6.45) is 4.32. The van der Waals surface area contributed by atoms with Gasteiger partial charge in [-0.3, -0.25) is 0 Å². The fourth-order valence-electron chi connectivity index (χ4n) is 1.23. The molecule has 56 valence electrons. The van der Waals surface area contributed by atoms with Crippen LogP contribution in [0.4, 0.5) is 0 Å². The van der Waals surface area contributed by atoms with Crippen molar-refractivity contribution in [3.05, 3.63) is 0 Å². The second kappa shape index (κ2) is 2.81. The number of thioether (sulfide) groups is 1. The third-order valence-corrected chi connectivity index (χ3v) is 3.67. The first-order valence-corrected chi connectivity index (χ1v) is 4.60. The molecule has 0 bridgehead atoms. The summed E-state index contributed by atoms with van der Waals surface area (Å²) in [5.74, 6) is 0. The van der Waals surface area contributed by atoms with Crippen LogP contribution in [0.15, 0.2) is 0 Å². The number of aliphatic hydroxyl groups excluding tert-OH is 1. The van der Waals surface area contributed by atoms with Crippen LogP contribution in [0.1, 0.15) is 19.3 Å². The molecule has 1 aliphatic carbocycles. The van der Waals surface area contributed by atoms with E-state index < -0.39 is 6.10 Å². The average Bonchev–Trinajstić information content (AvgIpc) is 1.86. The summed E-state index contributed by atoms with van der Waals surface area (Å²) in [6, 6.07) is 1.89. The molecule has 1 rings (SSSR count). The van der Waals surface area contributed by atoms with Crippen molar-refractivity contribution in [2.45, 2.75) is 30.1 Å². The summed E-state index contributed by atoms with van der Waals surface area (Å²) in [5, 5.41) is 17.7. The highest BCUT2D eigenvalue weighted by molar-refractivity contribution is 8.00. The smallest absolute Gasteiger partial charge is 0.155 e. The van der Waals surface area contributed by atoms with Crippen molar-refractivity contribution < 1.29 is 5.11 Å². The summed E-state index contributed by atoms with van der Waals surface area (Å²) >= 11 is 1.62. The van der Waals surface area contributed by atoms with E-state index in [2.05, 4.69) is 0 Å². The molecule has 10 heavy (non-hydrogen) atoms. The van der Waals surface area contributed by atoms with Gasteiger partial charge in [0.05, 0.1) is 10.8 Å². The molecule has 0 amide bonds. The number of rotatable bonds is 2. The predicted molar refractivity (Wildman–Crippen MR) is 41.7 cm³/mol. The van der Waals surface area contributed by atoms with Gasteiger partial charge in [0, 0.05) is 0 Å². The first kappa shape index (κ1) is 7.90. The number of nitrogens with zero attached hydrogens (tertiary/aromatic N) is 1. The van der Waals surface area contributed by atoms with Crippen molar-refractivity contribution in [3.8, 4) is 6.07 Å². The number of hydrogen-bond donors (Lipinski definition) is 1. The van der Waals surface area contributed by atoms with Crippen molar-refractivity contribution >= 4 is 11.8 Å². The van der Waals surface area contributed by atoms with Gasteiger partial charge in [-0.05, 0) is 19.1 Å². The summed E-state index contributed by atoms with van der Waals surface area (Å²) in [5.41, 5.74) is 0. The van der Waals surface area contributed by atoms with Gasteiger partial charge >= 0.3 is 0 Å². The van der Waals surface area contributed by atoms with Gasteiger partial charge in [-0.15, -0.1) is 0 Å². The van der Waals surface area contributed by atoms with E-state index in [-0.39, 0.29) is 4.75 Å². The molecule has 0 aromatic rings. The SMILES string of the molecule is CSC1(C(O)C#N)CCC1. The molecule has 3 heteroatoms. The normalized spacial score (nSPS) is 24.5. The maximum Gasteiger partial charge on any atom is 0.155 e. The van der Waals surface area contributed by atoms with Gasteiger partial charge in [0.2, 0.25) is 0 Å². The minimum Gasteiger partial charge on any atom is -0.377 e. The lowest BCUT2D eigenvalue weighted by Crippen LogP contribution is -2.44. The van der Waals surface area contributed by atoms with E-state index in [4.69, 9.17) is 5.26 Å². The molecule has 1 atom stereocenters. The lowest BCUT2D eigenvalue weighted by atomic mass is 9.80. The Kier molecular flexibility index (Phi) is 2.22. The maximum atomic E-state index is 9.25. The molecule has 1 unspecified atom stereocenters. The molecule has 1 saturated carbocycles. The lowest BCUT2D eigenvalue weighted by molar-refractivity contribution is 0.133. The number of nitriles is 1. The summed E-state index contributed by atoms with van der Waals surface area (Å²) in [6.45, 7) is 0. The van der Waals surface area contributed by atoms with Crippen LogP contribution in [0.2, 0.25) is 0 Å². The first-order chi connectivity index (χ1) is 4.75. The van der Waals surface area contributed by atoms with Crippen LogP contribution in [0.3, 0.4) is 0 Å². The summed E-state index contributed by atoms with van der Waals surface area (Å²) < 4.78 is -0.116. The Bertz CT molecular complexity index is 154. The van der Waals surface area contributed by atoms with Crippen molar-refractivity contribution in [1.82, 2.24) is 0 Å². The molecule has 0 aromatic carbocycles. The fraction of sp³-hybridized carbons (Fsp3) is 0.857. The third kappa shape index (κ3) is 1.02. The van der Waals surface area contributed by atoms with Crippen LogP contribution in [0, 0.1) is 11.3 Å². The summed E-state index contributed by atoms with van der Waals surface area (Å²) in [4.78, 5) is 0. The van der Waals surface area contributed by atoms with Crippen molar-refractivity contribution in [1.29, 1.82) is 5.26 Å². The van der Waals surface area contributed by atoms with Crippen LogP contribution in [0.5, 0.6) is 0 Å². The molecule has 0 radical (unpaired) electrons. The number of hydrogen-bond acceptors (Lipinski definition) is 3. The monoisotopic (exact) mass is 157 g/mol. The molecule has 1 aliphatic rings. The standard InChI is InChI=1S/C7H11NOS/c1-10-7(3-2-4-7)6(9)5-8/h6,9H,2-4H2,1H3. The van der Waals surface area contributed by atoms with Gasteiger partial charge in [0.15, 0.2) is 6.10 Å². The maximum absolute atomic E-state index is 9.25. The van der Waals surface area contributed by atoms with Crippen LogP contribution in [-0.4, -0.2) is 22.2 Å². The van der Waals surface area contributed by atoms with E-state index in [1.807, 2.05) is 12.3 Å². The van der Waals surface area contributed by atoms with Gasteiger partial charge in [0.1, 0.15) is 0 Å². The predicted octanol–water partition coefficient (Wildman–Crippen LogP) is 1.16. The molecule has 0 saturated heterocycles. The van der Waals surface area contributed by atoms with Crippen LogP contribution >= 0.6 is 11.8 Å². The molecule has 0 spiro atoms. The first-order valence-electron chi connectivity index (χ1n) is 3.38. The number of aliphatic hydroxyl groups is 1. The largest absolute Gasteiger partial charge is 0.377 e. The Morgan fingerprint density at radius 3 is 2.40 bits per heavy atom. The Hall–Kier alpha value is -0.200. The minimum absolute atomic E-state index is 0.116. The molecule has 0 heterocycles. The molecule has 2 nitrogen and oxygen atoms in total. The quantitative estimate of drug-likeness (QED) is 0.612. The molecular formula is C7H11NOS. The molecular weight excluding hydrogens is 146 g/mol. The fourth-order valence-corrected chi connectivity index (χ4v) is 2.20. The van der Waals surface area contributed by atoms with Crippen LogP contribution in [-0.2, 0) is 0 Å².